The summed E-state index contributed by atoms with van der Waals surface area (Å²) in [6.45, 7) is 9.81. The molecule has 1 aliphatic rings. The van der Waals surface area contributed by atoms with Gasteiger partial charge in [-0.1, -0.05) is 5.16 Å². The highest BCUT2D eigenvalue weighted by Gasteiger charge is 2.32. The molecule has 0 aromatic carbocycles. The molecule has 2 heterocycles. The van der Waals surface area contributed by atoms with Gasteiger partial charge < -0.3 is 19.5 Å². The third-order valence-electron chi connectivity index (χ3n) is 3.70. The molecule has 1 saturated heterocycles. The molecular weight excluding hydrogens is 298 g/mol. The van der Waals surface area contributed by atoms with Gasteiger partial charge in [-0.25, -0.2) is 4.79 Å². The van der Waals surface area contributed by atoms with E-state index in [2.05, 4.69) is 10.5 Å². The third kappa shape index (κ3) is 4.71. The summed E-state index contributed by atoms with van der Waals surface area (Å²) in [5.74, 6) is 0.355. The lowest BCUT2D eigenvalue weighted by Gasteiger charge is -2.38. The fraction of sp³-hybridized carbons (Fsp3) is 0.688. The summed E-state index contributed by atoms with van der Waals surface area (Å²) in [6.07, 6.45) is 1.07. The zero-order chi connectivity index (χ0) is 17.2. The van der Waals surface area contributed by atoms with Crippen LogP contribution in [0.15, 0.2) is 10.6 Å². The Morgan fingerprint density at radius 2 is 2.13 bits per heavy atom. The molecule has 0 radical (unpaired) electrons. The highest BCUT2D eigenvalue weighted by molar-refractivity contribution is 5.92. The molecule has 0 bridgehead atoms. The van der Waals surface area contributed by atoms with Gasteiger partial charge in [-0.2, -0.15) is 0 Å². The Bertz CT molecular complexity index is 576. The van der Waals surface area contributed by atoms with E-state index in [0.717, 1.165) is 0 Å². The monoisotopic (exact) mass is 323 g/mol. The fourth-order valence-electron chi connectivity index (χ4n) is 2.63. The lowest BCUT2D eigenvalue weighted by molar-refractivity contribution is 0.00959. The van der Waals surface area contributed by atoms with Gasteiger partial charge in [0.2, 0.25) is 0 Å². The Kier molecular flexibility index (Phi) is 4.97. The van der Waals surface area contributed by atoms with Crippen LogP contribution >= 0.6 is 0 Å². The number of carbonyl (C=O) groups is 2. The quantitative estimate of drug-likeness (QED) is 0.904. The second-order valence-corrected chi connectivity index (χ2v) is 7.04. The molecule has 23 heavy (non-hydrogen) atoms. The van der Waals surface area contributed by atoms with Crippen molar-refractivity contribution in [2.75, 3.05) is 6.54 Å². The maximum atomic E-state index is 12.2. The predicted octanol–water partition coefficient (Wildman–Crippen LogP) is 2.50. The van der Waals surface area contributed by atoms with Crippen molar-refractivity contribution in [1.29, 1.82) is 0 Å². The van der Waals surface area contributed by atoms with Gasteiger partial charge in [0.15, 0.2) is 5.69 Å². The number of aryl methyl sites for hydroxylation is 1. The molecule has 0 saturated carbocycles. The molecule has 0 aliphatic carbocycles. The molecule has 0 spiro atoms. The molecule has 7 heteroatoms. The van der Waals surface area contributed by atoms with E-state index in [9.17, 15) is 9.59 Å². The Balaban J connectivity index is 1.88. The summed E-state index contributed by atoms with van der Waals surface area (Å²) < 4.78 is 10.3. The van der Waals surface area contributed by atoms with Crippen LogP contribution in [0.2, 0.25) is 0 Å². The largest absolute Gasteiger partial charge is 0.444 e. The number of hydrogen-bond donors (Lipinski definition) is 1. The van der Waals surface area contributed by atoms with Crippen LogP contribution in [-0.2, 0) is 4.74 Å². The molecule has 2 amide bonds. The van der Waals surface area contributed by atoms with Crippen molar-refractivity contribution >= 4 is 12.0 Å². The summed E-state index contributed by atoms with van der Waals surface area (Å²) in [6, 6.07) is 1.62. The van der Waals surface area contributed by atoms with Crippen LogP contribution in [0.1, 0.15) is 56.8 Å². The van der Waals surface area contributed by atoms with Crippen molar-refractivity contribution in [3.05, 3.63) is 17.5 Å². The van der Waals surface area contributed by atoms with Crippen molar-refractivity contribution in [2.24, 2.45) is 0 Å². The van der Waals surface area contributed by atoms with Crippen molar-refractivity contribution in [2.45, 2.75) is 65.1 Å². The van der Waals surface area contributed by atoms with Gasteiger partial charge in [-0.3, -0.25) is 4.79 Å². The van der Waals surface area contributed by atoms with E-state index >= 15 is 0 Å². The summed E-state index contributed by atoms with van der Waals surface area (Å²) in [7, 11) is 0. The SMILES string of the molecule is Cc1cc(C(=O)N[C@H]2CCN(C(=O)OC(C)(C)C)[C@@H](C)C2)no1. The minimum Gasteiger partial charge on any atom is -0.444 e. The summed E-state index contributed by atoms with van der Waals surface area (Å²) in [4.78, 5) is 26.0. The number of rotatable bonds is 2. The number of carbonyl (C=O) groups excluding carboxylic acids is 2. The molecular formula is C16H25N3O4. The smallest absolute Gasteiger partial charge is 0.410 e. The maximum absolute atomic E-state index is 12.2. The van der Waals surface area contributed by atoms with Crippen LogP contribution in [-0.4, -0.2) is 46.3 Å². The van der Waals surface area contributed by atoms with Crippen molar-refractivity contribution in [3.8, 4) is 0 Å². The Morgan fingerprint density at radius 1 is 1.43 bits per heavy atom. The van der Waals surface area contributed by atoms with E-state index in [0.29, 0.717) is 25.1 Å². The van der Waals surface area contributed by atoms with Gasteiger partial charge in [0.05, 0.1) is 0 Å². The second-order valence-electron chi connectivity index (χ2n) is 7.04. The minimum atomic E-state index is -0.507. The maximum Gasteiger partial charge on any atom is 0.410 e. The third-order valence-corrected chi connectivity index (χ3v) is 3.70. The van der Waals surface area contributed by atoms with Crippen LogP contribution in [0, 0.1) is 6.92 Å². The van der Waals surface area contributed by atoms with Crippen LogP contribution in [0.3, 0.4) is 0 Å². The number of likely N-dealkylation sites (tertiary alicyclic amines) is 1. The van der Waals surface area contributed by atoms with Crippen LogP contribution < -0.4 is 5.32 Å². The van der Waals surface area contributed by atoms with E-state index in [1.807, 2.05) is 27.7 Å². The first-order chi connectivity index (χ1) is 10.7. The van der Waals surface area contributed by atoms with E-state index in [1.165, 1.54) is 0 Å². The molecule has 1 N–H and O–H groups in total. The Hall–Kier alpha value is -2.05. The first-order valence-corrected chi connectivity index (χ1v) is 7.89. The van der Waals surface area contributed by atoms with Crippen molar-refractivity contribution in [3.63, 3.8) is 0 Å². The van der Waals surface area contributed by atoms with E-state index in [4.69, 9.17) is 9.26 Å². The van der Waals surface area contributed by atoms with Gasteiger partial charge in [-0.05, 0) is 47.5 Å². The zero-order valence-corrected chi connectivity index (χ0v) is 14.4. The van der Waals surface area contributed by atoms with Crippen molar-refractivity contribution in [1.82, 2.24) is 15.4 Å². The van der Waals surface area contributed by atoms with Gasteiger partial charge in [0.1, 0.15) is 11.4 Å². The average Bonchev–Trinajstić information content (AvgIpc) is 2.83. The highest BCUT2D eigenvalue weighted by atomic mass is 16.6. The molecule has 2 atom stereocenters. The summed E-state index contributed by atoms with van der Waals surface area (Å²) >= 11 is 0. The van der Waals surface area contributed by atoms with Gasteiger partial charge in [0, 0.05) is 24.7 Å². The molecule has 7 nitrogen and oxygen atoms in total. The summed E-state index contributed by atoms with van der Waals surface area (Å²) in [5, 5.41) is 6.66. The standard InChI is InChI=1S/C16H25N3O4/c1-10-8-12(17-14(20)13-9-11(2)23-18-13)6-7-19(10)15(21)22-16(3,4)5/h9-10,12H,6-8H2,1-5H3,(H,17,20)/t10-,12-/m0/s1. The molecule has 1 fully saturated rings. The topological polar surface area (TPSA) is 84.7 Å². The minimum absolute atomic E-state index is 0.00273. The number of hydrogen-bond acceptors (Lipinski definition) is 5. The molecule has 1 aromatic heterocycles. The number of aromatic nitrogens is 1. The normalized spacial score (nSPS) is 21.9. The molecule has 128 valence electrons. The van der Waals surface area contributed by atoms with E-state index < -0.39 is 5.60 Å². The number of ether oxygens (including phenoxy) is 1. The average molecular weight is 323 g/mol. The highest BCUT2D eigenvalue weighted by Crippen LogP contribution is 2.21. The fourth-order valence-corrected chi connectivity index (χ4v) is 2.63. The first-order valence-electron chi connectivity index (χ1n) is 7.89. The van der Waals surface area contributed by atoms with Gasteiger partial charge >= 0.3 is 6.09 Å². The molecule has 1 aromatic rings. The van der Waals surface area contributed by atoms with E-state index in [-0.39, 0.29) is 29.8 Å². The van der Waals surface area contributed by atoms with Gasteiger partial charge in [-0.15, -0.1) is 0 Å². The lowest BCUT2D eigenvalue weighted by atomic mass is 9.98. The number of amides is 2. The Labute approximate surface area is 136 Å². The molecule has 2 rings (SSSR count). The van der Waals surface area contributed by atoms with Crippen LogP contribution in [0.5, 0.6) is 0 Å². The van der Waals surface area contributed by atoms with Gasteiger partial charge in [0.25, 0.3) is 5.91 Å². The zero-order valence-electron chi connectivity index (χ0n) is 14.4. The van der Waals surface area contributed by atoms with Crippen molar-refractivity contribution < 1.29 is 18.8 Å². The van der Waals surface area contributed by atoms with E-state index in [1.54, 1.807) is 17.9 Å². The Morgan fingerprint density at radius 3 is 2.65 bits per heavy atom. The van der Waals surface area contributed by atoms with Crippen LogP contribution in [0.25, 0.3) is 0 Å². The van der Waals surface area contributed by atoms with Crippen LogP contribution in [0.4, 0.5) is 4.79 Å². The lowest BCUT2D eigenvalue weighted by Crippen LogP contribution is -2.52. The molecule has 0 unspecified atom stereocenters. The molecule has 1 aliphatic heterocycles. The number of nitrogens with zero attached hydrogens (tertiary/aromatic N) is 2. The number of nitrogens with one attached hydrogen (secondary N) is 1. The number of piperidine rings is 1. The predicted molar refractivity (Wildman–Crippen MR) is 84.1 cm³/mol. The first kappa shape index (κ1) is 17.3. The summed E-state index contributed by atoms with van der Waals surface area (Å²) in [5.41, 5.74) is -0.225. The second kappa shape index (κ2) is 6.60.